The lowest BCUT2D eigenvalue weighted by atomic mass is 9.86. The monoisotopic (exact) mass is 376 g/mol. The van der Waals surface area contributed by atoms with Gasteiger partial charge in [-0.05, 0) is 62.0 Å². The Morgan fingerprint density at radius 3 is 2.38 bits per heavy atom. The highest BCUT2D eigenvalue weighted by Gasteiger charge is 2.40. The van der Waals surface area contributed by atoms with Crippen LogP contribution in [0.15, 0.2) is 35.2 Å². The molecule has 1 aromatic rings. The molecule has 1 aromatic carbocycles. The first kappa shape index (κ1) is 18.0. The highest BCUT2D eigenvalue weighted by Crippen LogP contribution is 2.49. The molecule has 0 spiro atoms. The van der Waals surface area contributed by atoms with Gasteiger partial charge in [0.05, 0.1) is 4.90 Å². The summed E-state index contributed by atoms with van der Waals surface area (Å²) < 4.78 is 27.7. The zero-order valence-corrected chi connectivity index (χ0v) is 16.0. The average Bonchev–Trinajstić information content (AvgIpc) is 3.26. The van der Waals surface area contributed by atoms with Crippen LogP contribution in [0.3, 0.4) is 0 Å². The molecule has 6 heteroatoms. The summed E-state index contributed by atoms with van der Waals surface area (Å²) in [5.74, 6) is 2.51. The lowest BCUT2D eigenvalue weighted by molar-refractivity contribution is -0.133. The predicted octanol–water partition coefficient (Wildman–Crippen LogP) is 2.78. The van der Waals surface area contributed by atoms with Crippen molar-refractivity contribution >= 4 is 15.9 Å². The minimum atomic E-state index is -3.48. The van der Waals surface area contributed by atoms with Crippen molar-refractivity contribution in [3.63, 3.8) is 0 Å². The zero-order valence-electron chi connectivity index (χ0n) is 15.1. The Bertz CT molecular complexity index is 742. The normalized spacial score (nSPS) is 29.2. The molecule has 3 unspecified atom stereocenters. The first-order valence-electron chi connectivity index (χ1n) is 9.86. The summed E-state index contributed by atoms with van der Waals surface area (Å²) in [5.41, 5.74) is 0. The topological polar surface area (TPSA) is 66.5 Å². The van der Waals surface area contributed by atoms with E-state index in [-0.39, 0.29) is 11.9 Å². The summed E-state index contributed by atoms with van der Waals surface area (Å²) in [5, 5.41) is 0. The maximum absolute atomic E-state index is 12.6. The van der Waals surface area contributed by atoms with Crippen molar-refractivity contribution in [2.24, 2.45) is 17.8 Å². The van der Waals surface area contributed by atoms with E-state index >= 15 is 0 Å². The van der Waals surface area contributed by atoms with Gasteiger partial charge >= 0.3 is 0 Å². The molecule has 2 saturated carbocycles. The molecule has 0 aromatic heterocycles. The van der Waals surface area contributed by atoms with Crippen LogP contribution in [-0.4, -0.2) is 38.4 Å². The molecular formula is C20H28N2O3S. The molecule has 3 aliphatic rings. The van der Waals surface area contributed by atoms with Crippen LogP contribution in [0.4, 0.5) is 0 Å². The quantitative estimate of drug-likeness (QED) is 0.859. The number of likely N-dealkylation sites (tertiary alicyclic amines) is 1. The molecule has 26 heavy (non-hydrogen) atoms. The number of fused-ring (bicyclic) bond motifs is 2. The standard InChI is InChI=1S/C20H28N2O3S/c23-20(14-17-13-15-6-7-16(17)12-15)22-10-8-18(9-11-22)21-26(24,25)19-4-2-1-3-5-19/h1-5,15-18,21H,6-14H2. The molecular weight excluding hydrogens is 348 g/mol. The molecule has 2 aliphatic carbocycles. The highest BCUT2D eigenvalue weighted by atomic mass is 32.2. The zero-order chi connectivity index (χ0) is 18.1. The second-order valence-electron chi connectivity index (χ2n) is 8.23. The third-order valence-electron chi connectivity index (χ3n) is 6.54. The second-order valence-corrected chi connectivity index (χ2v) is 9.94. The molecule has 142 valence electrons. The van der Waals surface area contributed by atoms with Gasteiger partial charge in [0.2, 0.25) is 15.9 Å². The molecule has 1 amide bonds. The molecule has 1 saturated heterocycles. The van der Waals surface area contributed by atoms with Gasteiger partial charge in [-0.1, -0.05) is 24.6 Å². The summed E-state index contributed by atoms with van der Waals surface area (Å²) in [6, 6.07) is 8.38. The Hall–Kier alpha value is -1.40. The largest absolute Gasteiger partial charge is 0.343 e. The number of nitrogens with zero attached hydrogens (tertiary/aromatic N) is 1. The fourth-order valence-corrected chi connectivity index (χ4v) is 6.44. The van der Waals surface area contributed by atoms with E-state index in [1.807, 2.05) is 4.90 Å². The lowest BCUT2D eigenvalue weighted by Gasteiger charge is -2.33. The average molecular weight is 377 g/mol. The number of rotatable bonds is 5. The van der Waals surface area contributed by atoms with E-state index in [0.29, 0.717) is 43.2 Å². The molecule has 1 aliphatic heterocycles. The van der Waals surface area contributed by atoms with Crippen LogP contribution in [0.5, 0.6) is 0 Å². The third-order valence-corrected chi connectivity index (χ3v) is 8.08. The number of hydrogen-bond donors (Lipinski definition) is 1. The molecule has 0 radical (unpaired) electrons. The number of nitrogens with one attached hydrogen (secondary N) is 1. The van der Waals surface area contributed by atoms with Gasteiger partial charge in [-0.15, -0.1) is 0 Å². The molecule has 4 rings (SSSR count). The number of carbonyl (C=O) groups excluding carboxylic acids is 1. The fraction of sp³-hybridized carbons (Fsp3) is 0.650. The molecule has 3 fully saturated rings. The van der Waals surface area contributed by atoms with Crippen LogP contribution in [0.25, 0.3) is 0 Å². The Balaban J connectivity index is 1.27. The summed E-state index contributed by atoms with van der Waals surface area (Å²) in [4.78, 5) is 14.9. The van der Waals surface area contributed by atoms with E-state index < -0.39 is 10.0 Å². The maximum Gasteiger partial charge on any atom is 0.240 e. The number of benzene rings is 1. The van der Waals surface area contributed by atoms with E-state index in [0.717, 1.165) is 11.8 Å². The number of amides is 1. The summed E-state index contributed by atoms with van der Waals surface area (Å²) >= 11 is 0. The third kappa shape index (κ3) is 3.81. The first-order chi connectivity index (χ1) is 12.5. The Morgan fingerprint density at radius 2 is 1.77 bits per heavy atom. The van der Waals surface area contributed by atoms with Gasteiger partial charge in [-0.3, -0.25) is 4.79 Å². The van der Waals surface area contributed by atoms with Crippen LogP contribution in [0.1, 0.15) is 44.9 Å². The second kappa shape index (κ2) is 7.31. The van der Waals surface area contributed by atoms with Crippen LogP contribution >= 0.6 is 0 Å². The van der Waals surface area contributed by atoms with Gasteiger partial charge in [-0.2, -0.15) is 0 Å². The van der Waals surface area contributed by atoms with Gasteiger partial charge in [-0.25, -0.2) is 13.1 Å². The van der Waals surface area contributed by atoms with Crippen LogP contribution in [-0.2, 0) is 14.8 Å². The Morgan fingerprint density at radius 1 is 1.04 bits per heavy atom. The predicted molar refractivity (Wildman–Crippen MR) is 99.9 cm³/mol. The van der Waals surface area contributed by atoms with Gasteiger partial charge < -0.3 is 4.90 Å². The minimum absolute atomic E-state index is 0.0910. The SMILES string of the molecule is O=C(CC1CC2CCC1C2)N1CCC(NS(=O)(=O)c2ccccc2)CC1. The van der Waals surface area contributed by atoms with Crippen LogP contribution in [0, 0.1) is 17.8 Å². The van der Waals surface area contributed by atoms with Crippen molar-refractivity contribution in [2.75, 3.05) is 13.1 Å². The maximum atomic E-state index is 12.6. The van der Waals surface area contributed by atoms with E-state index in [2.05, 4.69) is 4.72 Å². The lowest BCUT2D eigenvalue weighted by Crippen LogP contribution is -2.46. The number of carbonyl (C=O) groups is 1. The van der Waals surface area contributed by atoms with Crippen molar-refractivity contribution in [3.05, 3.63) is 30.3 Å². The fourth-order valence-electron chi connectivity index (χ4n) is 5.11. The van der Waals surface area contributed by atoms with Crippen molar-refractivity contribution in [1.29, 1.82) is 0 Å². The smallest absolute Gasteiger partial charge is 0.240 e. The molecule has 2 bridgehead atoms. The minimum Gasteiger partial charge on any atom is -0.343 e. The van der Waals surface area contributed by atoms with Crippen molar-refractivity contribution < 1.29 is 13.2 Å². The first-order valence-corrected chi connectivity index (χ1v) is 11.3. The van der Waals surface area contributed by atoms with E-state index in [1.165, 1.54) is 25.7 Å². The van der Waals surface area contributed by atoms with Gasteiger partial charge in [0, 0.05) is 25.6 Å². The molecule has 5 nitrogen and oxygen atoms in total. The Labute approximate surface area is 156 Å². The number of sulfonamides is 1. The Kier molecular flexibility index (Phi) is 5.06. The van der Waals surface area contributed by atoms with Crippen LogP contribution in [0.2, 0.25) is 0 Å². The van der Waals surface area contributed by atoms with E-state index in [1.54, 1.807) is 30.3 Å². The van der Waals surface area contributed by atoms with E-state index in [4.69, 9.17) is 0 Å². The van der Waals surface area contributed by atoms with Crippen molar-refractivity contribution in [2.45, 2.75) is 55.9 Å². The number of piperidine rings is 1. The number of hydrogen-bond acceptors (Lipinski definition) is 3. The van der Waals surface area contributed by atoms with Crippen LogP contribution < -0.4 is 4.72 Å². The van der Waals surface area contributed by atoms with E-state index in [9.17, 15) is 13.2 Å². The summed E-state index contributed by atoms with van der Waals surface area (Å²) in [6.07, 6.45) is 7.32. The molecule has 1 heterocycles. The van der Waals surface area contributed by atoms with Crippen molar-refractivity contribution in [3.8, 4) is 0 Å². The summed E-state index contributed by atoms with van der Waals surface area (Å²) in [7, 11) is -3.48. The molecule has 1 N–H and O–H groups in total. The van der Waals surface area contributed by atoms with Gasteiger partial charge in [0.1, 0.15) is 0 Å². The highest BCUT2D eigenvalue weighted by molar-refractivity contribution is 7.89. The van der Waals surface area contributed by atoms with Gasteiger partial charge in [0.15, 0.2) is 0 Å². The van der Waals surface area contributed by atoms with Gasteiger partial charge in [0.25, 0.3) is 0 Å². The summed E-state index contributed by atoms with van der Waals surface area (Å²) in [6.45, 7) is 1.31. The molecule has 3 atom stereocenters. The van der Waals surface area contributed by atoms with Crippen molar-refractivity contribution in [1.82, 2.24) is 9.62 Å².